The van der Waals surface area contributed by atoms with E-state index in [2.05, 4.69) is 4.98 Å². The number of anilines is 1. The Balaban J connectivity index is 1.98. The predicted octanol–water partition coefficient (Wildman–Crippen LogP) is 4.96. The van der Waals surface area contributed by atoms with E-state index in [1.807, 2.05) is 23.6 Å². The molecule has 6 heteroatoms. The van der Waals surface area contributed by atoms with Crippen LogP contribution in [0.3, 0.4) is 0 Å². The van der Waals surface area contributed by atoms with Gasteiger partial charge in [-0.1, -0.05) is 23.2 Å². The lowest BCUT2D eigenvalue weighted by atomic mass is 10.2. The summed E-state index contributed by atoms with van der Waals surface area (Å²) < 4.78 is 5.75. The second kappa shape index (κ2) is 4.89. The predicted molar refractivity (Wildman–Crippen MR) is 79.7 cm³/mol. The van der Waals surface area contributed by atoms with E-state index in [1.54, 1.807) is 12.1 Å². The summed E-state index contributed by atoms with van der Waals surface area (Å²) in [4.78, 5) is 4.17. The Morgan fingerprint density at radius 2 is 1.84 bits per heavy atom. The molecule has 1 aromatic carbocycles. The topological polar surface area (TPSA) is 52.0 Å². The molecule has 0 amide bonds. The van der Waals surface area contributed by atoms with Crippen molar-refractivity contribution in [3.8, 4) is 22.8 Å². The zero-order valence-electron chi connectivity index (χ0n) is 9.56. The minimum absolute atomic E-state index is 0.495. The smallest absolute Gasteiger partial charge is 0.180 e. The summed E-state index contributed by atoms with van der Waals surface area (Å²) in [5, 5.41) is 3.38. The van der Waals surface area contributed by atoms with Gasteiger partial charge in [0.15, 0.2) is 10.9 Å². The number of halogens is 2. The van der Waals surface area contributed by atoms with E-state index >= 15 is 0 Å². The van der Waals surface area contributed by atoms with Crippen LogP contribution in [0.1, 0.15) is 0 Å². The molecule has 0 spiro atoms. The molecule has 3 aromatic rings. The van der Waals surface area contributed by atoms with Crippen molar-refractivity contribution in [3.63, 3.8) is 0 Å². The summed E-state index contributed by atoms with van der Waals surface area (Å²) in [6.07, 6.45) is 0. The third-order valence-corrected chi connectivity index (χ3v) is 4.00. The van der Waals surface area contributed by atoms with E-state index in [1.165, 1.54) is 11.3 Å². The molecule has 0 bridgehead atoms. The first-order valence-corrected chi connectivity index (χ1v) is 7.03. The first-order chi connectivity index (χ1) is 9.13. The van der Waals surface area contributed by atoms with Gasteiger partial charge in [0, 0.05) is 10.9 Å². The van der Waals surface area contributed by atoms with Gasteiger partial charge in [0.1, 0.15) is 11.5 Å². The van der Waals surface area contributed by atoms with E-state index in [4.69, 9.17) is 33.4 Å². The summed E-state index contributed by atoms with van der Waals surface area (Å²) in [6.45, 7) is 0. The Morgan fingerprint density at radius 3 is 2.53 bits per heavy atom. The van der Waals surface area contributed by atoms with Crippen LogP contribution in [0.2, 0.25) is 10.0 Å². The number of benzene rings is 1. The Bertz CT molecular complexity index is 736. The van der Waals surface area contributed by atoms with Crippen LogP contribution in [0.5, 0.6) is 0 Å². The third kappa shape index (κ3) is 2.47. The standard InChI is InChI=1S/C13H8Cl2N2OS/c14-8-2-1-7(5-9(8)15)11-3-4-12(18-11)10-6-19-13(16)17-10/h1-6H,(H2,16,17). The molecule has 3 nitrogen and oxygen atoms in total. The van der Waals surface area contributed by atoms with Gasteiger partial charge in [0.25, 0.3) is 0 Å². The van der Waals surface area contributed by atoms with Gasteiger partial charge in [-0.2, -0.15) is 0 Å². The Morgan fingerprint density at radius 1 is 1.05 bits per heavy atom. The van der Waals surface area contributed by atoms with Gasteiger partial charge < -0.3 is 10.2 Å². The maximum atomic E-state index is 5.99. The lowest BCUT2D eigenvalue weighted by Crippen LogP contribution is -1.81. The molecular weight excluding hydrogens is 303 g/mol. The van der Waals surface area contributed by atoms with Crippen LogP contribution in [0.15, 0.2) is 40.1 Å². The van der Waals surface area contributed by atoms with Gasteiger partial charge >= 0.3 is 0 Å². The van der Waals surface area contributed by atoms with Crippen molar-refractivity contribution in [1.82, 2.24) is 4.98 Å². The average molecular weight is 311 g/mol. The van der Waals surface area contributed by atoms with Gasteiger partial charge in [0.05, 0.1) is 10.0 Å². The lowest BCUT2D eigenvalue weighted by Gasteiger charge is -1.99. The molecule has 0 aliphatic rings. The zero-order chi connectivity index (χ0) is 13.4. The monoisotopic (exact) mass is 310 g/mol. The largest absolute Gasteiger partial charge is 0.454 e. The fourth-order valence-electron chi connectivity index (χ4n) is 1.68. The molecule has 0 fully saturated rings. The summed E-state index contributed by atoms with van der Waals surface area (Å²) in [6, 6.07) is 9.08. The zero-order valence-corrected chi connectivity index (χ0v) is 11.9. The number of nitrogens with zero attached hydrogens (tertiary/aromatic N) is 1. The highest BCUT2D eigenvalue weighted by Crippen LogP contribution is 2.32. The molecule has 0 unspecified atom stereocenters. The molecule has 0 saturated carbocycles. The Kier molecular flexibility index (Phi) is 3.22. The molecule has 0 saturated heterocycles. The van der Waals surface area contributed by atoms with Gasteiger partial charge in [-0.25, -0.2) is 4.98 Å². The van der Waals surface area contributed by atoms with Gasteiger partial charge in [-0.3, -0.25) is 0 Å². The van der Waals surface area contributed by atoms with E-state index in [0.717, 1.165) is 11.3 Å². The van der Waals surface area contributed by atoms with Crippen LogP contribution < -0.4 is 5.73 Å². The van der Waals surface area contributed by atoms with Crippen molar-refractivity contribution in [2.45, 2.75) is 0 Å². The van der Waals surface area contributed by atoms with E-state index in [-0.39, 0.29) is 0 Å². The van der Waals surface area contributed by atoms with Gasteiger partial charge in [-0.15, -0.1) is 11.3 Å². The van der Waals surface area contributed by atoms with Gasteiger partial charge in [-0.05, 0) is 30.3 Å². The van der Waals surface area contributed by atoms with Crippen molar-refractivity contribution >= 4 is 39.7 Å². The minimum atomic E-state index is 0.495. The quantitative estimate of drug-likeness (QED) is 0.728. The number of rotatable bonds is 2. The molecule has 0 radical (unpaired) electrons. The van der Waals surface area contributed by atoms with Gasteiger partial charge in [0.2, 0.25) is 0 Å². The van der Waals surface area contributed by atoms with Crippen molar-refractivity contribution in [2.75, 3.05) is 5.73 Å². The number of nitrogen functional groups attached to an aromatic ring is 1. The fourth-order valence-corrected chi connectivity index (χ4v) is 2.53. The third-order valence-electron chi connectivity index (χ3n) is 2.58. The highest BCUT2D eigenvalue weighted by molar-refractivity contribution is 7.13. The summed E-state index contributed by atoms with van der Waals surface area (Å²) >= 11 is 13.3. The Hall–Kier alpha value is -1.49. The number of thiazole rings is 1. The Labute approximate surface area is 123 Å². The van der Waals surface area contributed by atoms with Crippen molar-refractivity contribution < 1.29 is 4.42 Å². The van der Waals surface area contributed by atoms with Crippen LogP contribution in [-0.4, -0.2) is 4.98 Å². The van der Waals surface area contributed by atoms with Crippen LogP contribution in [0.25, 0.3) is 22.8 Å². The molecule has 2 N–H and O–H groups in total. The molecule has 96 valence electrons. The molecule has 0 aliphatic heterocycles. The number of hydrogen-bond donors (Lipinski definition) is 1. The second-order valence-corrected chi connectivity index (χ2v) is 5.57. The normalized spacial score (nSPS) is 10.8. The van der Waals surface area contributed by atoms with Crippen LogP contribution in [-0.2, 0) is 0 Å². The first-order valence-electron chi connectivity index (χ1n) is 5.40. The van der Waals surface area contributed by atoms with E-state index < -0.39 is 0 Å². The second-order valence-electron chi connectivity index (χ2n) is 3.86. The average Bonchev–Trinajstić information content (AvgIpc) is 3.01. The number of aromatic nitrogens is 1. The highest BCUT2D eigenvalue weighted by atomic mass is 35.5. The highest BCUT2D eigenvalue weighted by Gasteiger charge is 2.10. The molecule has 0 aliphatic carbocycles. The molecule has 2 aromatic heterocycles. The summed E-state index contributed by atoms with van der Waals surface area (Å²) in [7, 11) is 0. The number of hydrogen-bond acceptors (Lipinski definition) is 4. The summed E-state index contributed by atoms with van der Waals surface area (Å²) in [5.74, 6) is 1.38. The fraction of sp³-hybridized carbons (Fsp3) is 0. The maximum absolute atomic E-state index is 5.99. The summed E-state index contributed by atoms with van der Waals surface area (Å²) in [5.41, 5.74) is 7.20. The van der Waals surface area contributed by atoms with Crippen LogP contribution in [0.4, 0.5) is 5.13 Å². The first kappa shape index (κ1) is 12.5. The van der Waals surface area contributed by atoms with Crippen molar-refractivity contribution in [2.24, 2.45) is 0 Å². The van der Waals surface area contributed by atoms with Crippen molar-refractivity contribution in [3.05, 3.63) is 45.8 Å². The van der Waals surface area contributed by atoms with Crippen LogP contribution >= 0.6 is 34.5 Å². The molecule has 19 heavy (non-hydrogen) atoms. The molecular formula is C13H8Cl2N2OS. The van der Waals surface area contributed by atoms with Crippen molar-refractivity contribution in [1.29, 1.82) is 0 Å². The maximum Gasteiger partial charge on any atom is 0.180 e. The molecule has 2 heterocycles. The molecule has 3 rings (SSSR count). The lowest BCUT2D eigenvalue weighted by molar-refractivity contribution is 0.595. The van der Waals surface area contributed by atoms with Crippen LogP contribution in [0, 0.1) is 0 Å². The number of furan rings is 1. The minimum Gasteiger partial charge on any atom is -0.454 e. The van der Waals surface area contributed by atoms with E-state index in [0.29, 0.717) is 26.7 Å². The SMILES string of the molecule is Nc1nc(-c2ccc(-c3ccc(Cl)c(Cl)c3)o2)cs1. The van der Waals surface area contributed by atoms with E-state index in [9.17, 15) is 0 Å². The molecule has 0 atom stereocenters. The number of nitrogens with two attached hydrogens (primary N) is 1.